The Kier molecular flexibility index (Phi) is 17.8. The summed E-state index contributed by atoms with van der Waals surface area (Å²) in [6, 6.07) is 10.1. The molecule has 0 radical (unpaired) electrons. The van der Waals surface area contributed by atoms with Crippen LogP contribution < -0.4 is 20.9 Å². The van der Waals surface area contributed by atoms with Crippen molar-refractivity contribution in [3.05, 3.63) is 98.1 Å². The molecule has 3 aromatic carbocycles. The zero-order valence-corrected chi connectivity index (χ0v) is 29.3. The lowest BCUT2D eigenvalue weighted by Gasteiger charge is -2.33. The van der Waals surface area contributed by atoms with Gasteiger partial charge in [-0.15, -0.1) is 12.4 Å². The molecule has 282 valence electrons. The lowest BCUT2D eigenvalue weighted by molar-refractivity contribution is -0.385. The van der Waals surface area contributed by atoms with Gasteiger partial charge in [0.1, 0.15) is 23.3 Å². The van der Waals surface area contributed by atoms with Crippen LogP contribution in [0, 0.1) is 43.5 Å². The van der Waals surface area contributed by atoms with E-state index in [0.717, 1.165) is 44.5 Å². The topological polar surface area (TPSA) is 158 Å². The monoisotopic (exact) mass is 746 g/mol. The molecule has 0 amide bonds. The molecule has 3 fully saturated rings. The normalized spacial score (nSPS) is 19.8. The summed E-state index contributed by atoms with van der Waals surface area (Å²) in [4.78, 5) is 23.2. The number of nitrogens with zero attached hydrogens (tertiary/aromatic N) is 4. The number of nitrogens with two attached hydrogens (primary N) is 1. The van der Waals surface area contributed by atoms with Crippen molar-refractivity contribution in [3.8, 4) is 0 Å². The van der Waals surface area contributed by atoms with Crippen LogP contribution in [0.25, 0.3) is 0 Å². The molecule has 51 heavy (non-hydrogen) atoms. The Hall–Kier alpha value is -4.29. The molecule has 0 aromatic heterocycles. The third-order valence-corrected chi connectivity index (χ3v) is 7.37. The molecule has 3 aliphatic heterocycles. The molecule has 0 unspecified atom stereocenters. The van der Waals surface area contributed by atoms with E-state index < -0.39 is 33.0 Å². The number of nitrogen functional groups attached to an aromatic ring is 1. The Labute approximate surface area is 299 Å². The lowest BCUT2D eigenvalue weighted by atomic mass is 10.2. The second kappa shape index (κ2) is 21.2. The number of morpholine rings is 3. The highest BCUT2D eigenvalue weighted by Gasteiger charge is 2.20. The molecule has 18 heteroatoms. The maximum atomic E-state index is 13.3. The second-order valence-corrected chi connectivity index (χ2v) is 11.7. The van der Waals surface area contributed by atoms with Crippen LogP contribution in [0.1, 0.15) is 20.8 Å². The van der Waals surface area contributed by atoms with Crippen LogP contribution in [-0.2, 0) is 14.2 Å². The molecule has 0 aliphatic carbocycles. The molecule has 3 heterocycles. The van der Waals surface area contributed by atoms with Crippen LogP contribution >= 0.6 is 12.4 Å². The first-order valence-electron chi connectivity index (χ1n) is 15.9. The van der Waals surface area contributed by atoms with Gasteiger partial charge in [-0.1, -0.05) is 0 Å². The highest BCUT2D eigenvalue weighted by atomic mass is 35.5. The van der Waals surface area contributed by atoms with Gasteiger partial charge in [-0.3, -0.25) is 20.2 Å². The van der Waals surface area contributed by atoms with Gasteiger partial charge in [0.25, 0.3) is 11.4 Å². The average Bonchev–Trinajstić information content (AvgIpc) is 3.05. The van der Waals surface area contributed by atoms with E-state index in [4.69, 9.17) is 19.9 Å². The number of nitrogens with one attached hydrogen (secondary N) is 1. The van der Waals surface area contributed by atoms with Crippen LogP contribution in [0.3, 0.4) is 0 Å². The fourth-order valence-electron chi connectivity index (χ4n) is 5.07. The van der Waals surface area contributed by atoms with E-state index in [9.17, 15) is 37.8 Å². The van der Waals surface area contributed by atoms with E-state index in [0.29, 0.717) is 62.0 Å². The van der Waals surface area contributed by atoms with Crippen LogP contribution in [0.2, 0.25) is 0 Å². The summed E-state index contributed by atoms with van der Waals surface area (Å²) in [5.74, 6) is -2.77. The third kappa shape index (κ3) is 15.2. The van der Waals surface area contributed by atoms with E-state index in [1.807, 2.05) is 18.7 Å². The van der Waals surface area contributed by atoms with Crippen LogP contribution in [0.4, 0.5) is 46.0 Å². The number of benzene rings is 3. The number of halogens is 5. The summed E-state index contributed by atoms with van der Waals surface area (Å²) in [6.45, 7) is 12.9. The Morgan fingerprint density at radius 3 is 1.49 bits per heavy atom. The van der Waals surface area contributed by atoms with Gasteiger partial charge in [-0.05, 0) is 45.0 Å². The predicted molar refractivity (Wildman–Crippen MR) is 188 cm³/mol. The Balaban J connectivity index is 0.000000244. The molecular weight excluding hydrogens is 704 g/mol. The minimum Gasteiger partial charge on any atom is -0.399 e. The minimum atomic E-state index is -0.948. The van der Waals surface area contributed by atoms with E-state index >= 15 is 0 Å². The molecule has 3 aliphatic rings. The van der Waals surface area contributed by atoms with Crippen molar-refractivity contribution < 1.29 is 41.6 Å². The number of non-ortho nitro benzene ring substituents is 2. The summed E-state index contributed by atoms with van der Waals surface area (Å²) in [5, 5.41) is 23.8. The molecule has 13 nitrogen and oxygen atoms in total. The summed E-state index contributed by atoms with van der Waals surface area (Å²) in [5.41, 5.74) is 6.63. The highest BCUT2D eigenvalue weighted by molar-refractivity contribution is 5.85. The maximum absolute atomic E-state index is 13.3. The van der Waals surface area contributed by atoms with E-state index in [-0.39, 0.29) is 36.1 Å². The zero-order valence-electron chi connectivity index (χ0n) is 28.4. The smallest absolute Gasteiger partial charge is 0.275 e. The molecule has 3 atom stereocenters. The number of hydrogen-bond donors (Lipinski definition) is 2. The van der Waals surface area contributed by atoms with Crippen molar-refractivity contribution in [1.29, 1.82) is 0 Å². The molecule has 0 bridgehead atoms. The van der Waals surface area contributed by atoms with Gasteiger partial charge in [0, 0.05) is 68.5 Å². The van der Waals surface area contributed by atoms with Crippen molar-refractivity contribution in [2.24, 2.45) is 0 Å². The largest absolute Gasteiger partial charge is 0.399 e. The van der Waals surface area contributed by atoms with Crippen molar-refractivity contribution in [2.45, 2.75) is 39.1 Å². The molecule has 3 saturated heterocycles. The number of anilines is 3. The molecule has 3 N–H and O–H groups in total. The van der Waals surface area contributed by atoms with Crippen molar-refractivity contribution in [1.82, 2.24) is 5.32 Å². The number of rotatable bonds is 4. The van der Waals surface area contributed by atoms with Gasteiger partial charge in [0.05, 0.1) is 66.2 Å². The van der Waals surface area contributed by atoms with Gasteiger partial charge in [0.2, 0.25) is 0 Å². The number of hydrogen-bond acceptors (Lipinski definition) is 11. The van der Waals surface area contributed by atoms with Crippen LogP contribution in [0.15, 0.2) is 54.6 Å². The van der Waals surface area contributed by atoms with Crippen molar-refractivity contribution >= 4 is 40.8 Å². The first-order chi connectivity index (χ1) is 23.7. The van der Waals surface area contributed by atoms with Gasteiger partial charge in [-0.25, -0.2) is 17.6 Å². The third-order valence-electron chi connectivity index (χ3n) is 7.37. The van der Waals surface area contributed by atoms with Gasteiger partial charge < -0.3 is 35.1 Å². The Bertz CT molecular complexity index is 1530. The first kappa shape index (κ1) is 42.9. The number of nitro benzene ring substituents is 2. The quantitative estimate of drug-likeness (QED) is 0.142. The zero-order chi connectivity index (χ0) is 36.8. The minimum absolute atomic E-state index is 0. The number of ether oxygens (including phenoxy) is 3. The SMILES string of the molecule is C[C@@H]1CN(c2cc(F)cc([N+](=O)[O-])c2)CCO1.C[C@@H]1CN(c2cc(N)cc(F)c2)CCO1.C[C@@H]1CNCCO1.Cl.O=[N+]([O-])c1cc(F)cc(F)c1. The summed E-state index contributed by atoms with van der Waals surface area (Å²) < 4.78 is 66.9. The van der Waals surface area contributed by atoms with Gasteiger partial charge >= 0.3 is 0 Å². The van der Waals surface area contributed by atoms with Crippen LogP contribution in [0.5, 0.6) is 0 Å². The molecular formula is C33H43ClF4N6O7. The van der Waals surface area contributed by atoms with E-state index in [2.05, 4.69) is 17.1 Å². The number of nitro groups is 2. The lowest BCUT2D eigenvalue weighted by Crippen LogP contribution is -2.41. The molecule has 0 saturated carbocycles. The van der Waals surface area contributed by atoms with Crippen molar-refractivity contribution in [2.75, 3.05) is 74.6 Å². The highest BCUT2D eigenvalue weighted by Crippen LogP contribution is 2.25. The molecule has 0 spiro atoms. The van der Waals surface area contributed by atoms with E-state index in [1.54, 1.807) is 6.07 Å². The Morgan fingerprint density at radius 2 is 1.10 bits per heavy atom. The standard InChI is InChI=1S/C11H13FN2O3.C11H15FN2O.C6H3F2NO2.C5H11NO.ClH/c1-8-7-13(2-3-17-8)10-4-9(12)5-11(6-10)14(15)16;1-8-7-14(2-3-15-8)11-5-9(12)4-10(13)6-11;7-4-1-5(8)3-6(2-4)9(10)11;1-5-4-6-2-3-7-5;/h4-6,8H,2-3,7H2,1H3;4-6,8H,2-3,7,13H2,1H3;1-3H;5-6H,2-4H2,1H3;1H/t2*8-;;5-;/m11.1./s1. The maximum Gasteiger partial charge on any atom is 0.275 e. The molecule has 3 aromatic rings. The molecule has 6 rings (SSSR count). The summed E-state index contributed by atoms with van der Waals surface area (Å²) in [6.07, 6.45) is 0.656. The van der Waals surface area contributed by atoms with Crippen molar-refractivity contribution in [3.63, 3.8) is 0 Å². The Morgan fingerprint density at radius 1 is 0.667 bits per heavy atom. The van der Waals surface area contributed by atoms with Gasteiger partial charge in [0.15, 0.2) is 0 Å². The second-order valence-electron chi connectivity index (χ2n) is 11.7. The fraction of sp³-hybridized carbons (Fsp3) is 0.455. The summed E-state index contributed by atoms with van der Waals surface area (Å²) in [7, 11) is 0. The van der Waals surface area contributed by atoms with E-state index in [1.165, 1.54) is 24.3 Å². The average molecular weight is 747 g/mol. The van der Waals surface area contributed by atoms with Gasteiger partial charge in [-0.2, -0.15) is 0 Å². The summed E-state index contributed by atoms with van der Waals surface area (Å²) >= 11 is 0. The first-order valence-corrected chi connectivity index (χ1v) is 15.9. The predicted octanol–water partition coefficient (Wildman–Crippen LogP) is 5.88. The fourth-order valence-corrected chi connectivity index (χ4v) is 5.07. The van der Waals surface area contributed by atoms with Crippen LogP contribution in [-0.4, -0.2) is 87.2 Å².